The molecule has 3 amide bonds. The van der Waals surface area contributed by atoms with Gasteiger partial charge in [0.1, 0.15) is 23.9 Å². The number of aromatic nitrogens is 1. The van der Waals surface area contributed by atoms with Gasteiger partial charge < -0.3 is 10.1 Å². The van der Waals surface area contributed by atoms with Crippen LogP contribution in [-0.4, -0.2) is 58.2 Å². The first-order valence-corrected chi connectivity index (χ1v) is 15.0. The number of halogens is 1. The fraction of sp³-hybridized carbons (Fsp3) is 0.576. The zero-order valence-electron chi connectivity index (χ0n) is 25.7. The Morgan fingerprint density at radius 2 is 1.67 bits per heavy atom. The van der Waals surface area contributed by atoms with E-state index in [9.17, 15) is 14.4 Å². The summed E-state index contributed by atoms with van der Waals surface area (Å²) in [7, 11) is 0. The van der Waals surface area contributed by atoms with Gasteiger partial charge in [0.15, 0.2) is 0 Å². The van der Waals surface area contributed by atoms with Crippen LogP contribution in [0.5, 0.6) is 0 Å². The number of ether oxygens (including phenoxy) is 1. The number of alkyl halides is 1. The van der Waals surface area contributed by atoms with Gasteiger partial charge in [0.05, 0.1) is 0 Å². The molecule has 2 heterocycles. The Morgan fingerprint density at radius 1 is 1.00 bits per heavy atom. The third kappa shape index (κ3) is 7.47. The minimum absolute atomic E-state index is 0.00171. The highest BCUT2D eigenvalue weighted by molar-refractivity contribution is 6.05. The normalized spacial score (nSPS) is 20.6. The molecule has 2 aliphatic rings. The summed E-state index contributed by atoms with van der Waals surface area (Å²) in [4.78, 5) is 48.6. The molecule has 228 valence electrons. The molecule has 1 aliphatic carbocycles. The van der Waals surface area contributed by atoms with Crippen molar-refractivity contribution in [1.29, 1.82) is 0 Å². The van der Waals surface area contributed by atoms with Crippen molar-refractivity contribution in [3.05, 3.63) is 59.9 Å². The van der Waals surface area contributed by atoms with Crippen LogP contribution in [-0.2, 0) is 19.7 Å². The van der Waals surface area contributed by atoms with E-state index in [1.807, 2.05) is 12.1 Å². The van der Waals surface area contributed by atoms with Crippen LogP contribution in [0.15, 0.2) is 48.8 Å². The molecule has 1 saturated heterocycles. The second-order valence-electron chi connectivity index (χ2n) is 13.5. The predicted octanol–water partition coefficient (Wildman–Crippen LogP) is 6.25. The van der Waals surface area contributed by atoms with Crippen LogP contribution in [0.4, 0.5) is 14.9 Å². The average molecular weight is 581 g/mol. The predicted molar refractivity (Wildman–Crippen MR) is 161 cm³/mol. The summed E-state index contributed by atoms with van der Waals surface area (Å²) in [5.74, 6) is -1.04. The smallest absolute Gasteiger partial charge is 0.411 e. The molecule has 2 fully saturated rings. The zero-order chi connectivity index (χ0) is 30.7. The minimum atomic E-state index is -1.61. The van der Waals surface area contributed by atoms with Gasteiger partial charge in [0.2, 0.25) is 5.91 Å². The van der Waals surface area contributed by atoms with Crippen molar-refractivity contribution in [1.82, 2.24) is 15.2 Å². The van der Waals surface area contributed by atoms with E-state index < -0.39 is 35.9 Å². The van der Waals surface area contributed by atoms with E-state index in [1.54, 1.807) is 57.4 Å². The number of carbonyl (C=O) groups is 3. The van der Waals surface area contributed by atoms with Gasteiger partial charge in [-0.1, -0.05) is 58.2 Å². The molecule has 0 spiro atoms. The Kier molecular flexibility index (Phi) is 9.58. The van der Waals surface area contributed by atoms with Crippen molar-refractivity contribution in [2.45, 2.75) is 115 Å². The number of anilines is 1. The van der Waals surface area contributed by atoms with Crippen LogP contribution in [0.25, 0.3) is 0 Å². The van der Waals surface area contributed by atoms with Crippen molar-refractivity contribution in [3.63, 3.8) is 0 Å². The van der Waals surface area contributed by atoms with E-state index >= 15 is 4.39 Å². The van der Waals surface area contributed by atoms with Crippen LogP contribution in [0.2, 0.25) is 0 Å². The molecule has 1 N–H and O–H groups in total. The quantitative estimate of drug-likeness (QED) is 0.436. The van der Waals surface area contributed by atoms with Crippen molar-refractivity contribution in [2.75, 3.05) is 11.4 Å². The number of pyridine rings is 1. The molecule has 1 saturated carbocycles. The second kappa shape index (κ2) is 12.8. The van der Waals surface area contributed by atoms with E-state index in [-0.39, 0.29) is 30.3 Å². The third-order valence-corrected chi connectivity index (χ3v) is 7.91. The van der Waals surface area contributed by atoms with Crippen molar-refractivity contribution >= 4 is 23.6 Å². The standard InChI is InChI=1S/C33H45FN4O4/c1-32(2,3)23-14-16-25(17-15-23)38(30(40)28-26(34)18-20-37(28)31(41)42-33(4,5)6)27(22-11-10-19-35-21-22)29(39)36-24-12-8-7-9-13-24/h10-11,14-17,19,21,24,26-28H,7-9,12-13,18,20H2,1-6H3,(H,36,39)/t26-,27?,28?/m1/s1. The molecular formula is C33H45FN4O4. The summed E-state index contributed by atoms with van der Waals surface area (Å²) >= 11 is 0. The fourth-order valence-electron chi connectivity index (χ4n) is 5.72. The molecule has 2 aromatic rings. The number of carbonyl (C=O) groups excluding carboxylic acids is 3. The number of hydrogen-bond acceptors (Lipinski definition) is 5. The fourth-order valence-corrected chi connectivity index (χ4v) is 5.72. The second-order valence-corrected chi connectivity index (χ2v) is 13.5. The zero-order valence-corrected chi connectivity index (χ0v) is 25.7. The lowest BCUT2D eigenvalue weighted by Crippen LogP contribution is -2.55. The SMILES string of the molecule is CC(C)(C)OC(=O)N1CC[C@@H](F)C1C(=O)N(c1ccc(C(C)(C)C)cc1)C(C(=O)NC1CCCCC1)c1cccnc1. The van der Waals surface area contributed by atoms with E-state index in [4.69, 9.17) is 4.74 Å². The van der Waals surface area contributed by atoms with Crippen LogP contribution in [0.1, 0.15) is 97.2 Å². The van der Waals surface area contributed by atoms with Crippen LogP contribution in [0, 0.1) is 0 Å². The lowest BCUT2D eigenvalue weighted by Gasteiger charge is -2.37. The first-order chi connectivity index (χ1) is 19.8. The van der Waals surface area contributed by atoms with Gasteiger partial charge in [-0.25, -0.2) is 9.18 Å². The van der Waals surface area contributed by atoms with Crippen LogP contribution in [0.3, 0.4) is 0 Å². The molecule has 0 bridgehead atoms. The number of benzene rings is 1. The highest BCUT2D eigenvalue weighted by Crippen LogP contribution is 2.35. The maximum atomic E-state index is 15.6. The molecule has 42 heavy (non-hydrogen) atoms. The molecule has 8 nitrogen and oxygen atoms in total. The monoisotopic (exact) mass is 580 g/mol. The van der Waals surface area contributed by atoms with Crippen molar-refractivity contribution < 1.29 is 23.5 Å². The molecule has 1 aliphatic heterocycles. The van der Waals surface area contributed by atoms with Gasteiger partial charge in [-0.05, 0) is 69.2 Å². The summed E-state index contributed by atoms with van der Waals surface area (Å²) in [6.07, 6.45) is 5.69. The van der Waals surface area contributed by atoms with Gasteiger partial charge in [0, 0.05) is 36.2 Å². The summed E-state index contributed by atoms with van der Waals surface area (Å²) in [6, 6.07) is 8.29. The highest BCUT2D eigenvalue weighted by Gasteiger charge is 2.48. The van der Waals surface area contributed by atoms with Crippen LogP contribution >= 0.6 is 0 Å². The maximum Gasteiger partial charge on any atom is 0.411 e. The Morgan fingerprint density at radius 3 is 2.24 bits per heavy atom. The Bertz CT molecular complexity index is 1230. The maximum absolute atomic E-state index is 15.6. The molecule has 2 unspecified atom stereocenters. The summed E-state index contributed by atoms with van der Waals surface area (Å²) in [6.45, 7) is 11.5. The Balaban J connectivity index is 1.80. The van der Waals surface area contributed by atoms with Gasteiger partial charge >= 0.3 is 6.09 Å². The lowest BCUT2D eigenvalue weighted by atomic mass is 9.87. The van der Waals surface area contributed by atoms with Gasteiger partial charge in [-0.15, -0.1) is 0 Å². The van der Waals surface area contributed by atoms with E-state index in [0.29, 0.717) is 11.3 Å². The lowest BCUT2D eigenvalue weighted by molar-refractivity contribution is -0.129. The van der Waals surface area contributed by atoms with Gasteiger partial charge in [0.25, 0.3) is 5.91 Å². The van der Waals surface area contributed by atoms with Crippen molar-refractivity contribution in [3.8, 4) is 0 Å². The van der Waals surface area contributed by atoms with Crippen molar-refractivity contribution in [2.24, 2.45) is 0 Å². The highest BCUT2D eigenvalue weighted by atomic mass is 19.1. The number of nitrogens with one attached hydrogen (secondary N) is 1. The van der Waals surface area contributed by atoms with E-state index in [1.165, 1.54) is 4.90 Å². The third-order valence-electron chi connectivity index (χ3n) is 7.91. The van der Waals surface area contributed by atoms with Gasteiger partial charge in [-0.2, -0.15) is 0 Å². The number of rotatable bonds is 6. The Labute approximate surface area is 249 Å². The topological polar surface area (TPSA) is 91.8 Å². The molecule has 1 aromatic heterocycles. The number of hydrogen-bond donors (Lipinski definition) is 1. The first-order valence-electron chi connectivity index (χ1n) is 15.0. The first kappa shape index (κ1) is 31.4. The van der Waals surface area contributed by atoms with E-state index in [2.05, 4.69) is 31.1 Å². The molecule has 4 rings (SSSR count). The molecule has 9 heteroatoms. The van der Waals surface area contributed by atoms with Gasteiger partial charge in [-0.3, -0.25) is 24.4 Å². The summed E-state index contributed by atoms with van der Waals surface area (Å²) < 4.78 is 21.2. The molecule has 0 radical (unpaired) electrons. The average Bonchev–Trinajstić information content (AvgIpc) is 3.32. The van der Waals surface area contributed by atoms with Crippen LogP contribution < -0.4 is 10.2 Å². The molecule has 3 atom stereocenters. The minimum Gasteiger partial charge on any atom is -0.444 e. The largest absolute Gasteiger partial charge is 0.444 e. The summed E-state index contributed by atoms with van der Waals surface area (Å²) in [5.41, 5.74) is 1.01. The molecular weight excluding hydrogens is 535 g/mol. The summed E-state index contributed by atoms with van der Waals surface area (Å²) in [5, 5.41) is 3.17. The number of nitrogens with zero attached hydrogens (tertiary/aromatic N) is 3. The number of amides is 3. The Hall–Kier alpha value is -3.49. The van der Waals surface area contributed by atoms with E-state index in [0.717, 1.165) is 42.6 Å². The number of likely N-dealkylation sites (tertiary alicyclic amines) is 1. The molecule has 1 aromatic carbocycles.